The Hall–Kier alpha value is -2.00. The molecular formula is C21H25NO2. The van der Waals surface area contributed by atoms with E-state index in [4.69, 9.17) is 9.47 Å². The van der Waals surface area contributed by atoms with Crippen LogP contribution >= 0.6 is 0 Å². The third-order valence-electron chi connectivity index (χ3n) is 5.41. The van der Waals surface area contributed by atoms with Crippen LogP contribution in [0.15, 0.2) is 42.5 Å². The molecule has 0 aromatic heterocycles. The lowest BCUT2D eigenvalue weighted by Gasteiger charge is -2.43. The van der Waals surface area contributed by atoms with Gasteiger partial charge in [-0.15, -0.1) is 0 Å². The first-order chi connectivity index (χ1) is 11.8. The van der Waals surface area contributed by atoms with Crippen molar-refractivity contribution in [2.45, 2.75) is 38.3 Å². The van der Waals surface area contributed by atoms with Crippen molar-refractivity contribution in [1.29, 1.82) is 0 Å². The molecule has 0 spiro atoms. The number of methoxy groups -OCH3 is 1. The highest BCUT2D eigenvalue weighted by atomic mass is 16.5. The lowest BCUT2D eigenvalue weighted by atomic mass is 9.77. The van der Waals surface area contributed by atoms with Gasteiger partial charge in [-0.3, -0.25) is 0 Å². The minimum atomic E-state index is 0.202. The number of ether oxygens (including phenoxy) is 2. The Morgan fingerprint density at radius 2 is 2.00 bits per heavy atom. The van der Waals surface area contributed by atoms with Gasteiger partial charge in [0.15, 0.2) is 0 Å². The van der Waals surface area contributed by atoms with E-state index in [0.29, 0.717) is 12.0 Å². The molecule has 2 aromatic carbocycles. The van der Waals surface area contributed by atoms with Gasteiger partial charge >= 0.3 is 0 Å². The van der Waals surface area contributed by atoms with E-state index in [1.165, 1.54) is 28.8 Å². The van der Waals surface area contributed by atoms with Crippen molar-refractivity contribution in [2.75, 3.05) is 19.0 Å². The van der Waals surface area contributed by atoms with E-state index in [0.717, 1.165) is 25.2 Å². The molecule has 2 heterocycles. The Balaban J connectivity index is 1.72. The first-order valence-corrected chi connectivity index (χ1v) is 8.95. The summed E-state index contributed by atoms with van der Waals surface area (Å²) in [5.41, 5.74) is 5.24. The van der Waals surface area contributed by atoms with E-state index >= 15 is 0 Å². The smallest absolute Gasteiger partial charge is 0.118 e. The normalized spacial score (nSPS) is 25.3. The lowest BCUT2D eigenvalue weighted by molar-refractivity contribution is -0.0381. The molecule has 1 saturated heterocycles. The molecule has 0 amide bonds. The number of nitrogens with one attached hydrogen (secondary N) is 1. The average molecular weight is 323 g/mol. The van der Waals surface area contributed by atoms with E-state index in [1.807, 2.05) is 12.1 Å². The van der Waals surface area contributed by atoms with Crippen molar-refractivity contribution in [1.82, 2.24) is 0 Å². The molecule has 0 aliphatic carbocycles. The molecular weight excluding hydrogens is 298 g/mol. The van der Waals surface area contributed by atoms with Crippen molar-refractivity contribution >= 4 is 5.69 Å². The molecule has 0 unspecified atom stereocenters. The monoisotopic (exact) mass is 323 g/mol. The third kappa shape index (κ3) is 2.67. The second-order valence-corrected chi connectivity index (χ2v) is 6.77. The van der Waals surface area contributed by atoms with E-state index in [9.17, 15) is 0 Å². The molecule has 24 heavy (non-hydrogen) atoms. The molecule has 2 aliphatic rings. The summed E-state index contributed by atoms with van der Waals surface area (Å²) in [6, 6.07) is 15.5. The zero-order valence-corrected chi connectivity index (χ0v) is 14.4. The summed E-state index contributed by atoms with van der Waals surface area (Å²) in [6.07, 6.45) is 3.60. The van der Waals surface area contributed by atoms with Gasteiger partial charge in [-0.1, -0.05) is 31.2 Å². The van der Waals surface area contributed by atoms with Crippen LogP contribution in [0.3, 0.4) is 0 Å². The summed E-state index contributed by atoms with van der Waals surface area (Å²) >= 11 is 0. The summed E-state index contributed by atoms with van der Waals surface area (Å²) in [5, 5.41) is 3.78. The summed E-state index contributed by atoms with van der Waals surface area (Å²) in [4.78, 5) is 0. The predicted molar refractivity (Wildman–Crippen MR) is 96.6 cm³/mol. The maximum atomic E-state index is 6.24. The van der Waals surface area contributed by atoms with Crippen LogP contribution in [-0.2, 0) is 11.2 Å². The topological polar surface area (TPSA) is 30.5 Å². The van der Waals surface area contributed by atoms with Gasteiger partial charge in [0, 0.05) is 23.8 Å². The Morgan fingerprint density at radius 1 is 1.17 bits per heavy atom. The maximum Gasteiger partial charge on any atom is 0.118 e. The van der Waals surface area contributed by atoms with Crippen LogP contribution in [0, 0.1) is 5.92 Å². The Labute approximate surface area is 144 Å². The zero-order chi connectivity index (χ0) is 16.5. The highest BCUT2D eigenvalue weighted by Crippen LogP contribution is 2.49. The van der Waals surface area contributed by atoms with Gasteiger partial charge in [-0.05, 0) is 48.6 Å². The predicted octanol–water partition coefficient (Wildman–Crippen LogP) is 4.89. The lowest BCUT2D eigenvalue weighted by Crippen LogP contribution is -2.36. The van der Waals surface area contributed by atoms with Crippen LogP contribution in [0.5, 0.6) is 5.75 Å². The van der Waals surface area contributed by atoms with Crippen LogP contribution in [0.2, 0.25) is 0 Å². The average Bonchev–Trinajstić information content (AvgIpc) is 2.67. The SMILES string of the molecule is CCc1ccc2c(c1)[C@H]1OCCC[C@H]1[C@@H](c1ccc(OC)cc1)N2. The van der Waals surface area contributed by atoms with E-state index in [-0.39, 0.29) is 6.10 Å². The second kappa shape index (κ2) is 6.48. The minimum absolute atomic E-state index is 0.202. The van der Waals surface area contributed by atoms with Gasteiger partial charge in [0.1, 0.15) is 5.75 Å². The van der Waals surface area contributed by atoms with E-state index < -0.39 is 0 Å². The largest absolute Gasteiger partial charge is 0.497 e. The number of hydrogen-bond acceptors (Lipinski definition) is 3. The molecule has 3 nitrogen and oxygen atoms in total. The van der Waals surface area contributed by atoms with Crippen LogP contribution in [0.4, 0.5) is 5.69 Å². The molecule has 0 radical (unpaired) electrons. The van der Waals surface area contributed by atoms with Gasteiger partial charge in [0.25, 0.3) is 0 Å². The van der Waals surface area contributed by atoms with E-state index in [1.54, 1.807) is 7.11 Å². The number of aryl methyl sites for hydroxylation is 1. The molecule has 3 atom stereocenters. The quantitative estimate of drug-likeness (QED) is 0.872. The number of rotatable bonds is 3. The summed E-state index contributed by atoms with van der Waals surface area (Å²) in [7, 11) is 1.71. The fourth-order valence-corrected chi connectivity index (χ4v) is 4.08. The van der Waals surface area contributed by atoms with Crippen molar-refractivity contribution in [3.8, 4) is 5.75 Å². The second-order valence-electron chi connectivity index (χ2n) is 6.77. The van der Waals surface area contributed by atoms with Crippen molar-refractivity contribution in [3.05, 3.63) is 59.2 Å². The molecule has 2 aliphatic heterocycles. The van der Waals surface area contributed by atoms with Crippen molar-refractivity contribution in [3.63, 3.8) is 0 Å². The molecule has 1 fully saturated rings. The first kappa shape index (κ1) is 15.5. The summed E-state index contributed by atoms with van der Waals surface area (Å²) in [5.74, 6) is 1.38. The Morgan fingerprint density at radius 3 is 2.75 bits per heavy atom. The van der Waals surface area contributed by atoms with Crippen molar-refractivity contribution in [2.24, 2.45) is 5.92 Å². The highest BCUT2D eigenvalue weighted by Gasteiger charge is 2.39. The third-order valence-corrected chi connectivity index (χ3v) is 5.41. The van der Waals surface area contributed by atoms with Crippen molar-refractivity contribution < 1.29 is 9.47 Å². The van der Waals surface area contributed by atoms with Gasteiger partial charge < -0.3 is 14.8 Å². The van der Waals surface area contributed by atoms with Crippen LogP contribution in [-0.4, -0.2) is 13.7 Å². The molecule has 3 heteroatoms. The number of fused-ring (bicyclic) bond motifs is 3. The van der Waals surface area contributed by atoms with Gasteiger partial charge in [0.05, 0.1) is 19.3 Å². The molecule has 0 saturated carbocycles. The molecule has 0 bridgehead atoms. The molecule has 4 rings (SSSR count). The first-order valence-electron chi connectivity index (χ1n) is 8.95. The van der Waals surface area contributed by atoms with Gasteiger partial charge in [-0.25, -0.2) is 0 Å². The fraction of sp³-hybridized carbons (Fsp3) is 0.429. The Bertz CT molecular complexity index is 710. The zero-order valence-electron chi connectivity index (χ0n) is 14.4. The van der Waals surface area contributed by atoms with E-state index in [2.05, 4.69) is 42.6 Å². The number of benzene rings is 2. The summed E-state index contributed by atoms with van der Waals surface area (Å²) < 4.78 is 11.5. The molecule has 2 aromatic rings. The molecule has 126 valence electrons. The van der Waals surface area contributed by atoms with Crippen LogP contribution < -0.4 is 10.1 Å². The van der Waals surface area contributed by atoms with Gasteiger partial charge in [0.2, 0.25) is 0 Å². The molecule has 1 N–H and O–H groups in total. The number of hydrogen-bond donors (Lipinski definition) is 1. The highest BCUT2D eigenvalue weighted by molar-refractivity contribution is 5.58. The van der Waals surface area contributed by atoms with Crippen LogP contribution in [0.25, 0.3) is 0 Å². The van der Waals surface area contributed by atoms with Gasteiger partial charge in [-0.2, -0.15) is 0 Å². The fourth-order valence-electron chi connectivity index (χ4n) is 4.08. The summed E-state index contributed by atoms with van der Waals surface area (Å²) in [6.45, 7) is 3.07. The van der Waals surface area contributed by atoms with Crippen LogP contribution in [0.1, 0.15) is 48.6 Å². The minimum Gasteiger partial charge on any atom is -0.497 e. The Kier molecular flexibility index (Phi) is 4.19. The number of anilines is 1. The maximum absolute atomic E-state index is 6.24. The standard InChI is InChI=1S/C21H25NO2/c1-3-14-6-11-19-18(13-14)21-17(5-4-12-24-21)20(22-19)15-7-9-16(23-2)10-8-15/h6-11,13,17,20-22H,3-5,12H2,1-2H3/t17-,20+,21-/m0/s1.